The SMILES string of the molecule is COc1cc(C=CC=CC(=O)NCCN2CCN(C(c3ccccc3)c3ccccc3)CC2)cc(OC)c1O. The van der Waals surface area contributed by atoms with Crippen LogP contribution < -0.4 is 14.8 Å². The molecule has 1 saturated heterocycles. The molecule has 1 fully saturated rings. The number of phenols is 1. The van der Waals surface area contributed by atoms with Crippen LogP contribution in [0.5, 0.6) is 17.2 Å². The Morgan fingerprint density at radius 2 is 1.46 bits per heavy atom. The minimum absolute atomic E-state index is 0.0410. The fourth-order valence-electron chi connectivity index (χ4n) is 4.85. The number of hydrogen-bond acceptors (Lipinski definition) is 6. The quantitative estimate of drug-likeness (QED) is 0.283. The Balaban J connectivity index is 1.23. The van der Waals surface area contributed by atoms with E-state index in [1.807, 2.05) is 6.08 Å². The molecule has 0 aromatic heterocycles. The summed E-state index contributed by atoms with van der Waals surface area (Å²) in [6.45, 7) is 5.28. The van der Waals surface area contributed by atoms with Gasteiger partial charge in [0.1, 0.15) is 0 Å². The Morgan fingerprint density at radius 1 is 0.897 bits per heavy atom. The number of nitrogens with one attached hydrogen (secondary N) is 1. The molecule has 7 heteroatoms. The molecule has 7 nitrogen and oxygen atoms in total. The monoisotopic (exact) mass is 527 g/mol. The minimum Gasteiger partial charge on any atom is -0.502 e. The van der Waals surface area contributed by atoms with Crippen molar-refractivity contribution in [3.05, 3.63) is 108 Å². The molecule has 3 aromatic rings. The van der Waals surface area contributed by atoms with Gasteiger partial charge in [-0.3, -0.25) is 14.6 Å². The van der Waals surface area contributed by atoms with Crippen LogP contribution in [0.15, 0.2) is 91.0 Å². The van der Waals surface area contributed by atoms with Crippen LogP contribution in [0.3, 0.4) is 0 Å². The summed E-state index contributed by atoms with van der Waals surface area (Å²) < 4.78 is 10.3. The first-order chi connectivity index (χ1) is 19.1. The van der Waals surface area contributed by atoms with Crippen molar-refractivity contribution in [3.8, 4) is 17.2 Å². The summed E-state index contributed by atoms with van der Waals surface area (Å²) in [4.78, 5) is 17.2. The van der Waals surface area contributed by atoms with E-state index < -0.39 is 0 Å². The van der Waals surface area contributed by atoms with Gasteiger partial charge < -0.3 is 19.9 Å². The number of amides is 1. The Morgan fingerprint density at radius 3 is 2.00 bits per heavy atom. The third kappa shape index (κ3) is 7.72. The van der Waals surface area contributed by atoms with E-state index in [1.165, 1.54) is 31.4 Å². The van der Waals surface area contributed by atoms with Crippen LogP contribution in [-0.4, -0.2) is 74.3 Å². The maximum absolute atomic E-state index is 12.3. The van der Waals surface area contributed by atoms with Gasteiger partial charge in [-0.1, -0.05) is 78.9 Å². The summed E-state index contributed by atoms with van der Waals surface area (Å²) in [6.07, 6.45) is 6.77. The summed E-state index contributed by atoms with van der Waals surface area (Å²) in [5, 5.41) is 13.0. The van der Waals surface area contributed by atoms with E-state index in [0.717, 1.165) is 38.3 Å². The number of nitrogens with zero attached hydrogens (tertiary/aromatic N) is 2. The molecule has 39 heavy (non-hydrogen) atoms. The number of benzene rings is 3. The van der Waals surface area contributed by atoms with Crippen LogP contribution in [0, 0.1) is 0 Å². The van der Waals surface area contributed by atoms with E-state index >= 15 is 0 Å². The predicted octanol–water partition coefficient (Wildman–Crippen LogP) is 4.50. The van der Waals surface area contributed by atoms with Crippen LogP contribution in [0.4, 0.5) is 0 Å². The molecule has 1 aliphatic rings. The van der Waals surface area contributed by atoms with Gasteiger partial charge in [-0.05, 0) is 28.8 Å². The lowest BCUT2D eigenvalue weighted by Crippen LogP contribution is -2.49. The fourth-order valence-corrected chi connectivity index (χ4v) is 4.85. The lowest BCUT2D eigenvalue weighted by molar-refractivity contribution is -0.116. The third-order valence-electron chi connectivity index (χ3n) is 6.88. The van der Waals surface area contributed by atoms with E-state index in [0.29, 0.717) is 18.0 Å². The predicted molar refractivity (Wildman–Crippen MR) is 155 cm³/mol. The molecule has 1 amide bonds. The van der Waals surface area contributed by atoms with E-state index in [1.54, 1.807) is 24.3 Å². The van der Waals surface area contributed by atoms with E-state index in [-0.39, 0.29) is 17.7 Å². The molecule has 1 heterocycles. The number of carbonyl (C=O) groups is 1. The standard InChI is InChI=1S/C32H37N3O4/c1-38-28-23-25(24-29(39-2)32(28)37)11-9-10-16-30(36)33-17-18-34-19-21-35(22-20-34)31(26-12-5-3-6-13-26)27-14-7-4-8-15-27/h3-16,23-24,31,37H,17-22H2,1-2H3,(H,33,36). The summed E-state index contributed by atoms with van der Waals surface area (Å²) in [5.41, 5.74) is 3.41. The Hall–Kier alpha value is -4.07. The molecule has 2 N–H and O–H groups in total. The number of rotatable bonds is 11. The topological polar surface area (TPSA) is 74.3 Å². The number of allylic oxidation sites excluding steroid dienone is 2. The van der Waals surface area contributed by atoms with Gasteiger partial charge in [-0.2, -0.15) is 0 Å². The molecular formula is C32H37N3O4. The van der Waals surface area contributed by atoms with Crippen LogP contribution >= 0.6 is 0 Å². The largest absolute Gasteiger partial charge is 0.502 e. The number of phenolic OH excluding ortho intramolecular Hbond substituents is 1. The van der Waals surface area contributed by atoms with Crippen molar-refractivity contribution in [2.24, 2.45) is 0 Å². The normalized spacial score (nSPS) is 14.7. The molecule has 4 rings (SSSR count). The molecule has 0 saturated carbocycles. The van der Waals surface area contributed by atoms with Gasteiger partial charge in [-0.25, -0.2) is 0 Å². The van der Waals surface area contributed by atoms with E-state index in [9.17, 15) is 9.90 Å². The highest BCUT2D eigenvalue weighted by molar-refractivity contribution is 5.87. The van der Waals surface area contributed by atoms with Crippen molar-refractivity contribution in [1.82, 2.24) is 15.1 Å². The first kappa shape index (κ1) is 28.0. The van der Waals surface area contributed by atoms with Crippen molar-refractivity contribution >= 4 is 12.0 Å². The van der Waals surface area contributed by atoms with Crippen molar-refractivity contribution in [3.63, 3.8) is 0 Å². The summed E-state index contributed by atoms with van der Waals surface area (Å²) in [5.74, 6) is 0.479. The molecule has 0 spiro atoms. The van der Waals surface area contributed by atoms with Crippen LogP contribution in [0.25, 0.3) is 6.08 Å². The van der Waals surface area contributed by atoms with Gasteiger partial charge >= 0.3 is 0 Å². The molecule has 0 aliphatic carbocycles. The Labute approximate surface area is 231 Å². The molecule has 3 aromatic carbocycles. The first-order valence-corrected chi connectivity index (χ1v) is 13.2. The number of methoxy groups -OCH3 is 2. The summed E-state index contributed by atoms with van der Waals surface area (Å²) in [6, 6.07) is 25.0. The van der Waals surface area contributed by atoms with Crippen LogP contribution in [0.2, 0.25) is 0 Å². The van der Waals surface area contributed by atoms with Crippen LogP contribution in [-0.2, 0) is 4.79 Å². The highest BCUT2D eigenvalue weighted by atomic mass is 16.5. The van der Waals surface area contributed by atoms with Crippen molar-refractivity contribution < 1.29 is 19.4 Å². The number of aromatic hydroxyl groups is 1. The van der Waals surface area contributed by atoms with Crippen molar-refractivity contribution in [2.45, 2.75) is 6.04 Å². The molecule has 204 valence electrons. The smallest absolute Gasteiger partial charge is 0.244 e. The van der Waals surface area contributed by atoms with Gasteiger partial charge in [0.15, 0.2) is 11.5 Å². The zero-order chi connectivity index (χ0) is 27.5. The number of hydrogen-bond donors (Lipinski definition) is 2. The molecule has 0 atom stereocenters. The van der Waals surface area contributed by atoms with Crippen molar-refractivity contribution in [2.75, 3.05) is 53.5 Å². The number of ether oxygens (including phenoxy) is 2. The average Bonchev–Trinajstić information content (AvgIpc) is 2.98. The third-order valence-corrected chi connectivity index (χ3v) is 6.88. The second-order valence-corrected chi connectivity index (χ2v) is 9.38. The summed E-state index contributed by atoms with van der Waals surface area (Å²) >= 11 is 0. The number of piperazine rings is 1. The van der Waals surface area contributed by atoms with E-state index in [4.69, 9.17) is 9.47 Å². The first-order valence-electron chi connectivity index (χ1n) is 13.2. The van der Waals surface area contributed by atoms with E-state index in [2.05, 4.69) is 75.8 Å². The fraction of sp³-hybridized carbons (Fsp3) is 0.281. The highest BCUT2D eigenvalue weighted by Crippen LogP contribution is 2.37. The maximum Gasteiger partial charge on any atom is 0.244 e. The van der Waals surface area contributed by atoms with Gasteiger partial charge in [0.25, 0.3) is 0 Å². The summed E-state index contributed by atoms with van der Waals surface area (Å²) in [7, 11) is 2.97. The van der Waals surface area contributed by atoms with Gasteiger partial charge in [0.2, 0.25) is 11.7 Å². The molecule has 0 unspecified atom stereocenters. The molecule has 1 aliphatic heterocycles. The zero-order valence-corrected chi connectivity index (χ0v) is 22.6. The zero-order valence-electron chi connectivity index (χ0n) is 22.6. The van der Waals surface area contributed by atoms with Gasteiger partial charge in [0, 0.05) is 45.3 Å². The Kier molecular flexibility index (Phi) is 10.2. The lowest BCUT2D eigenvalue weighted by atomic mass is 9.96. The number of carbonyl (C=O) groups excluding carboxylic acids is 1. The Bertz CT molecular complexity index is 1190. The second-order valence-electron chi connectivity index (χ2n) is 9.38. The lowest BCUT2D eigenvalue weighted by Gasteiger charge is -2.39. The molecule has 0 radical (unpaired) electrons. The van der Waals surface area contributed by atoms with Crippen LogP contribution in [0.1, 0.15) is 22.7 Å². The molecule has 0 bridgehead atoms. The average molecular weight is 528 g/mol. The minimum atomic E-state index is -0.132. The second kappa shape index (κ2) is 14.2. The van der Waals surface area contributed by atoms with Gasteiger partial charge in [0.05, 0.1) is 20.3 Å². The van der Waals surface area contributed by atoms with Gasteiger partial charge in [-0.15, -0.1) is 0 Å². The molecular weight excluding hydrogens is 490 g/mol. The van der Waals surface area contributed by atoms with Crippen molar-refractivity contribution in [1.29, 1.82) is 0 Å². The highest BCUT2D eigenvalue weighted by Gasteiger charge is 2.26. The maximum atomic E-state index is 12.3.